The fourth-order valence-corrected chi connectivity index (χ4v) is 2.91. The largest absolute Gasteiger partial charge is 0.480 e. The quantitative estimate of drug-likeness (QED) is 0.636. The highest BCUT2D eigenvalue weighted by molar-refractivity contribution is 5.76. The number of amides is 1. The van der Waals surface area contributed by atoms with E-state index in [1.54, 1.807) is 0 Å². The second kappa shape index (κ2) is 9.39. The molecule has 1 aliphatic rings. The highest BCUT2D eigenvalue weighted by atomic mass is 16.5. The van der Waals surface area contributed by atoms with Gasteiger partial charge in [-0.2, -0.15) is 0 Å². The molecule has 0 aromatic heterocycles. The van der Waals surface area contributed by atoms with Gasteiger partial charge in [-0.1, -0.05) is 37.3 Å². The molecule has 1 saturated carbocycles. The van der Waals surface area contributed by atoms with E-state index in [4.69, 9.17) is 9.84 Å². The van der Waals surface area contributed by atoms with E-state index in [0.717, 1.165) is 18.4 Å². The second-order valence-corrected chi connectivity index (χ2v) is 6.13. The van der Waals surface area contributed by atoms with Crippen molar-refractivity contribution in [3.05, 3.63) is 35.9 Å². The number of hydrogen-bond donors (Lipinski definition) is 2. The van der Waals surface area contributed by atoms with Gasteiger partial charge in [-0.25, -0.2) is 0 Å². The molecule has 1 amide bonds. The van der Waals surface area contributed by atoms with Gasteiger partial charge in [0.25, 0.3) is 0 Å². The topological polar surface area (TPSA) is 78.9 Å². The van der Waals surface area contributed by atoms with E-state index >= 15 is 0 Å². The highest BCUT2D eigenvalue weighted by Gasteiger charge is 2.34. The summed E-state index contributed by atoms with van der Waals surface area (Å²) in [7, 11) is 0. The number of carboxylic acid groups (broad SMARTS) is 1. The fourth-order valence-electron chi connectivity index (χ4n) is 2.91. The van der Waals surface area contributed by atoms with Crippen molar-refractivity contribution in [1.29, 1.82) is 0 Å². The molecule has 24 heavy (non-hydrogen) atoms. The Labute approximate surface area is 142 Å². The van der Waals surface area contributed by atoms with Crippen LogP contribution in [-0.4, -0.2) is 53.7 Å². The minimum absolute atomic E-state index is 0.00667. The summed E-state index contributed by atoms with van der Waals surface area (Å²) in [5.74, 6) is -0.812. The van der Waals surface area contributed by atoms with Gasteiger partial charge in [-0.3, -0.25) is 14.5 Å². The predicted octanol–water partition coefficient (Wildman–Crippen LogP) is 1.65. The van der Waals surface area contributed by atoms with Crippen LogP contribution >= 0.6 is 0 Å². The number of carboxylic acids is 1. The van der Waals surface area contributed by atoms with Crippen molar-refractivity contribution in [2.24, 2.45) is 0 Å². The number of nitrogens with one attached hydrogen (secondary N) is 1. The monoisotopic (exact) mass is 334 g/mol. The summed E-state index contributed by atoms with van der Waals surface area (Å²) in [5, 5.41) is 11.9. The Kier molecular flexibility index (Phi) is 7.21. The van der Waals surface area contributed by atoms with E-state index in [-0.39, 0.29) is 24.5 Å². The molecule has 132 valence electrons. The van der Waals surface area contributed by atoms with E-state index < -0.39 is 5.97 Å². The van der Waals surface area contributed by atoms with Crippen molar-refractivity contribution in [2.45, 2.75) is 44.9 Å². The molecule has 0 aliphatic heterocycles. The van der Waals surface area contributed by atoms with Crippen LogP contribution in [0.25, 0.3) is 0 Å². The van der Waals surface area contributed by atoms with Crippen molar-refractivity contribution < 1.29 is 19.4 Å². The third kappa shape index (κ3) is 5.94. The van der Waals surface area contributed by atoms with E-state index in [1.807, 2.05) is 42.2 Å². The number of hydrogen-bond acceptors (Lipinski definition) is 4. The smallest absolute Gasteiger partial charge is 0.317 e. The van der Waals surface area contributed by atoms with E-state index in [0.29, 0.717) is 26.2 Å². The summed E-state index contributed by atoms with van der Waals surface area (Å²) < 4.78 is 5.51. The maximum atomic E-state index is 11.9. The number of carbonyl (C=O) groups is 2. The van der Waals surface area contributed by atoms with Gasteiger partial charge in [0.05, 0.1) is 19.8 Å². The van der Waals surface area contributed by atoms with Crippen LogP contribution in [0.1, 0.15) is 31.7 Å². The minimum Gasteiger partial charge on any atom is -0.480 e. The summed E-state index contributed by atoms with van der Waals surface area (Å²) in [6.07, 6.45) is 1.98. The maximum Gasteiger partial charge on any atom is 0.317 e. The molecule has 0 atom stereocenters. The molecule has 2 N–H and O–H groups in total. The van der Waals surface area contributed by atoms with Crippen LogP contribution < -0.4 is 5.32 Å². The van der Waals surface area contributed by atoms with Gasteiger partial charge < -0.3 is 15.2 Å². The van der Waals surface area contributed by atoms with Gasteiger partial charge in [0, 0.05) is 18.5 Å². The predicted molar refractivity (Wildman–Crippen MR) is 90.6 cm³/mol. The van der Waals surface area contributed by atoms with E-state index in [1.165, 1.54) is 0 Å². The van der Waals surface area contributed by atoms with Crippen LogP contribution in [0.5, 0.6) is 0 Å². The number of likely N-dealkylation sites (N-methyl/N-ethyl adjacent to an activating group) is 1. The summed E-state index contributed by atoms with van der Waals surface area (Å²) in [6, 6.07) is 10.3. The van der Waals surface area contributed by atoms with Gasteiger partial charge in [0.15, 0.2) is 0 Å². The molecule has 0 unspecified atom stereocenters. The van der Waals surface area contributed by atoms with Crippen LogP contribution in [0.4, 0.5) is 0 Å². The molecule has 0 radical (unpaired) electrons. The molecular weight excluding hydrogens is 308 g/mol. The molecule has 0 heterocycles. The zero-order valence-electron chi connectivity index (χ0n) is 14.1. The molecule has 1 aromatic rings. The average molecular weight is 334 g/mol. The van der Waals surface area contributed by atoms with Gasteiger partial charge >= 0.3 is 5.97 Å². The van der Waals surface area contributed by atoms with Crippen LogP contribution in [0, 0.1) is 0 Å². The Morgan fingerprint density at radius 1 is 1.29 bits per heavy atom. The second-order valence-electron chi connectivity index (χ2n) is 6.13. The maximum absolute atomic E-state index is 11.9. The van der Waals surface area contributed by atoms with Gasteiger partial charge in [-0.15, -0.1) is 0 Å². The molecule has 0 spiro atoms. The summed E-state index contributed by atoms with van der Waals surface area (Å²) in [6.45, 7) is 3.65. The molecule has 1 aliphatic carbocycles. The van der Waals surface area contributed by atoms with Gasteiger partial charge in [0.1, 0.15) is 0 Å². The number of carbonyl (C=O) groups excluding carboxylic acids is 1. The summed E-state index contributed by atoms with van der Waals surface area (Å²) in [4.78, 5) is 24.6. The third-order valence-corrected chi connectivity index (χ3v) is 4.32. The fraction of sp³-hybridized carbons (Fsp3) is 0.556. The van der Waals surface area contributed by atoms with E-state index in [9.17, 15) is 9.59 Å². The first kappa shape index (κ1) is 18.4. The van der Waals surface area contributed by atoms with Crippen molar-refractivity contribution in [1.82, 2.24) is 10.2 Å². The molecule has 1 fully saturated rings. The Balaban J connectivity index is 1.56. The summed E-state index contributed by atoms with van der Waals surface area (Å²) >= 11 is 0. The normalized spacial score (nSPS) is 19.8. The Morgan fingerprint density at radius 3 is 2.62 bits per heavy atom. The molecular formula is C18H26N2O4. The van der Waals surface area contributed by atoms with Crippen molar-refractivity contribution >= 4 is 11.9 Å². The SMILES string of the molecule is CCN(CC(=O)O)C1CC(NC(=O)CCOCc2ccccc2)C1. The number of nitrogens with zero attached hydrogens (tertiary/aromatic N) is 1. The Hall–Kier alpha value is -1.92. The van der Waals surface area contributed by atoms with Crippen molar-refractivity contribution in [3.8, 4) is 0 Å². The van der Waals surface area contributed by atoms with Gasteiger partial charge in [-0.05, 0) is 24.9 Å². The van der Waals surface area contributed by atoms with Crippen molar-refractivity contribution in [2.75, 3.05) is 19.7 Å². The zero-order valence-corrected chi connectivity index (χ0v) is 14.1. The molecule has 1 aromatic carbocycles. The Morgan fingerprint density at radius 2 is 2.00 bits per heavy atom. The van der Waals surface area contributed by atoms with E-state index in [2.05, 4.69) is 5.32 Å². The first-order valence-corrected chi connectivity index (χ1v) is 8.45. The lowest BCUT2D eigenvalue weighted by Gasteiger charge is -2.42. The van der Waals surface area contributed by atoms with Crippen LogP contribution in [0.2, 0.25) is 0 Å². The van der Waals surface area contributed by atoms with Crippen LogP contribution in [-0.2, 0) is 20.9 Å². The Bertz CT molecular complexity index is 529. The first-order chi connectivity index (χ1) is 11.6. The summed E-state index contributed by atoms with van der Waals surface area (Å²) in [5.41, 5.74) is 1.10. The lowest BCUT2D eigenvalue weighted by molar-refractivity contribution is -0.139. The number of benzene rings is 1. The zero-order chi connectivity index (χ0) is 17.4. The molecule has 0 bridgehead atoms. The lowest BCUT2D eigenvalue weighted by Crippen LogP contribution is -2.54. The van der Waals surface area contributed by atoms with Gasteiger partial charge in [0.2, 0.25) is 5.91 Å². The number of rotatable bonds is 10. The van der Waals surface area contributed by atoms with Crippen LogP contribution in [0.15, 0.2) is 30.3 Å². The molecule has 6 heteroatoms. The van der Waals surface area contributed by atoms with Crippen LogP contribution in [0.3, 0.4) is 0 Å². The molecule has 6 nitrogen and oxygen atoms in total. The minimum atomic E-state index is -0.806. The lowest BCUT2D eigenvalue weighted by atomic mass is 9.85. The highest BCUT2D eigenvalue weighted by Crippen LogP contribution is 2.25. The first-order valence-electron chi connectivity index (χ1n) is 8.45. The molecule has 0 saturated heterocycles. The third-order valence-electron chi connectivity index (χ3n) is 4.32. The number of aliphatic carboxylic acids is 1. The average Bonchev–Trinajstić information content (AvgIpc) is 2.53. The van der Waals surface area contributed by atoms with Crippen molar-refractivity contribution in [3.63, 3.8) is 0 Å². The standard InChI is InChI=1S/C18H26N2O4/c1-2-20(12-18(22)23)16-10-15(11-16)19-17(21)8-9-24-13-14-6-4-3-5-7-14/h3-7,15-16H,2,8-13H2,1H3,(H,19,21)(H,22,23). The number of ether oxygens (including phenoxy) is 1. The molecule has 2 rings (SSSR count).